The molecule has 0 radical (unpaired) electrons. The molecule has 1 aliphatic carbocycles. The molecule has 1 aliphatic rings. The van der Waals surface area contributed by atoms with Gasteiger partial charge >= 0.3 is 0 Å². The van der Waals surface area contributed by atoms with Gasteiger partial charge in [-0.05, 0) is 43.0 Å². The minimum Gasteiger partial charge on any atom is -0.405 e. The van der Waals surface area contributed by atoms with Crippen LogP contribution < -0.4 is 5.73 Å². The minimum absolute atomic E-state index is 1.25. The molecule has 1 aromatic carbocycles. The number of aryl methyl sites for hydroxylation is 2. The first-order valence-electron chi connectivity index (χ1n) is 4.78. The van der Waals surface area contributed by atoms with E-state index in [0.29, 0.717) is 0 Å². The maximum absolute atomic E-state index is 4.61. The highest BCUT2D eigenvalue weighted by Crippen LogP contribution is 2.19. The molecule has 1 heteroatoms. The Labute approximate surface area is 80.3 Å². The van der Waals surface area contributed by atoms with Crippen molar-refractivity contribution in [1.29, 1.82) is 0 Å². The minimum atomic E-state index is 1.25. The molecule has 13 heavy (non-hydrogen) atoms. The molecule has 0 fully saturated rings. The molecule has 0 saturated heterocycles. The summed E-state index contributed by atoms with van der Waals surface area (Å²) in [6, 6.07) is 8.80. The molecule has 2 N–H and O–H groups in total. The third kappa shape index (κ3) is 2.94. The Bertz CT molecular complexity index is 241. The molecule has 1 nitrogen and oxygen atoms in total. The van der Waals surface area contributed by atoms with Gasteiger partial charge in [0.05, 0.1) is 0 Å². The van der Waals surface area contributed by atoms with Crippen LogP contribution in [0.4, 0.5) is 0 Å². The number of hydrogen-bond donors (Lipinski definition) is 1. The third-order valence-electron chi connectivity index (χ3n) is 2.26. The van der Waals surface area contributed by atoms with Crippen LogP contribution >= 0.6 is 0 Å². The monoisotopic (exact) mass is 175 g/mol. The van der Waals surface area contributed by atoms with Crippen molar-refractivity contribution in [2.24, 2.45) is 5.73 Å². The number of hydrogen-bond acceptors (Lipinski definition) is 1. The largest absolute Gasteiger partial charge is 0.405 e. The van der Waals surface area contributed by atoms with E-state index in [0.717, 1.165) is 0 Å². The molecular formula is C12H17N. The second-order valence-electron chi connectivity index (χ2n) is 3.21. The quantitative estimate of drug-likeness (QED) is 0.644. The summed E-state index contributed by atoms with van der Waals surface area (Å²) < 4.78 is 0. The summed E-state index contributed by atoms with van der Waals surface area (Å²) in [5, 5.41) is 0. The molecule has 0 aromatic heterocycles. The molecule has 0 spiro atoms. The lowest BCUT2D eigenvalue weighted by Gasteiger charge is -2.13. The smallest absolute Gasteiger partial charge is 0.0136 e. The van der Waals surface area contributed by atoms with Gasteiger partial charge in [0.1, 0.15) is 0 Å². The highest BCUT2D eigenvalue weighted by Gasteiger charge is 2.05. The molecule has 70 valence electrons. The molecule has 0 atom stereocenters. The van der Waals surface area contributed by atoms with Gasteiger partial charge in [0.15, 0.2) is 0 Å². The first-order valence-corrected chi connectivity index (χ1v) is 4.78. The zero-order valence-corrected chi connectivity index (χ0v) is 8.00. The summed E-state index contributed by atoms with van der Waals surface area (Å²) >= 11 is 0. The van der Waals surface area contributed by atoms with Crippen molar-refractivity contribution in [3.63, 3.8) is 0 Å². The Morgan fingerprint density at radius 2 is 1.46 bits per heavy atom. The fourth-order valence-electron chi connectivity index (χ4n) is 1.68. The van der Waals surface area contributed by atoms with Crippen LogP contribution in [0.1, 0.15) is 24.0 Å². The van der Waals surface area contributed by atoms with E-state index in [9.17, 15) is 0 Å². The second kappa shape index (κ2) is 5.41. The molecule has 0 heterocycles. The molecule has 0 saturated carbocycles. The van der Waals surface area contributed by atoms with Crippen molar-refractivity contribution in [1.82, 2.24) is 0 Å². The third-order valence-corrected chi connectivity index (χ3v) is 2.26. The normalized spacial score (nSPS) is 13.5. The van der Waals surface area contributed by atoms with Crippen LogP contribution in [-0.4, -0.2) is 0 Å². The fraction of sp³-hybridized carbons (Fsp3) is 0.333. The summed E-state index contributed by atoms with van der Waals surface area (Å²) in [5.41, 5.74) is 7.77. The van der Waals surface area contributed by atoms with Gasteiger partial charge in [0.2, 0.25) is 0 Å². The zero-order chi connectivity index (χ0) is 9.52. The predicted octanol–water partition coefficient (Wildman–Crippen LogP) is 2.65. The fourth-order valence-corrected chi connectivity index (χ4v) is 1.68. The Balaban J connectivity index is 0.000000251. The average Bonchev–Trinajstić information content (AvgIpc) is 2.19. The van der Waals surface area contributed by atoms with Crippen LogP contribution in [0.2, 0.25) is 0 Å². The van der Waals surface area contributed by atoms with E-state index < -0.39 is 0 Å². The summed E-state index contributed by atoms with van der Waals surface area (Å²) in [7, 11) is 0. The van der Waals surface area contributed by atoms with Crippen LogP contribution in [0.25, 0.3) is 0 Å². The lowest BCUT2D eigenvalue weighted by molar-refractivity contribution is 0.685. The number of nitrogens with two attached hydrogens (primary N) is 1. The summed E-state index contributed by atoms with van der Waals surface area (Å²) in [5.74, 6) is 0. The zero-order valence-electron chi connectivity index (χ0n) is 8.00. The summed E-state index contributed by atoms with van der Waals surface area (Å²) in [4.78, 5) is 0. The van der Waals surface area contributed by atoms with E-state index in [1.165, 1.54) is 31.9 Å². The van der Waals surface area contributed by atoms with Crippen LogP contribution in [0.3, 0.4) is 0 Å². The molecule has 2 rings (SSSR count). The first-order chi connectivity index (χ1) is 6.38. The van der Waals surface area contributed by atoms with Gasteiger partial charge < -0.3 is 5.73 Å². The highest BCUT2D eigenvalue weighted by atomic mass is 14.5. The lowest BCUT2D eigenvalue weighted by Crippen LogP contribution is -2.00. The molecule has 0 unspecified atom stereocenters. The van der Waals surface area contributed by atoms with Gasteiger partial charge in [0, 0.05) is 0 Å². The molecule has 1 aromatic rings. The van der Waals surface area contributed by atoms with E-state index >= 15 is 0 Å². The van der Waals surface area contributed by atoms with Crippen molar-refractivity contribution >= 4 is 0 Å². The molecule has 0 aliphatic heterocycles. The van der Waals surface area contributed by atoms with Crippen molar-refractivity contribution in [3.8, 4) is 0 Å². The number of fused-ring (bicyclic) bond motifs is 1. The van der Waals surface area contributed by atoms with Gasteiger partial charge in [-0.25, -0.2) is 0 Å². The standard InChI is InChI=1S/C10H12.C2H5N/c1-2-6-10-8-4-3-7-9(10)5-1;1-2-3/h1-2,5-6H,3-4,7-8H2;2H,1,3H2. The topological polar surface area (TPSA) is 26.0 Å². The van der Waals surface area contributed by atoms with Crippen molar-refractivity contribution in [3.05, 3.63) is 48.2 Å². The Morgan fingerprint density at radius 1 is 1.08 bits per heavy atom. The van der Waals surface area contributed by atoms with Gasteiger partial charge in [-0.2, -0.15) is 0 Å². The average molecular weight is 175 g/mol. The SMILES string of the molecule is C=CN.c1ccc2c(c1)CCCC2. The highest BCUT2D eigenvalue weighted by molar-refractivity contribution is 5.28. The van der Waals surface area contributed by atoms with Crippen molar-refractivity contribution < 1.29 is 0 Å². The number of benzene rings is 1. The van der Waals surface area contributed by atoms with E-state index in [1.54, 1.807) is 11.1 Å². The summed E-state index contributed by atoms with van der Waals surface area (Å²) in [6.07, 6.45) is 6.63. The van der Waals surface area contributed by atoms with E-state index in [1.807, 2.05) is 0 Å². The maximum atomic E-state index is 4.61. The van der Waals surface area contributed by atoms with Crippen LogP contribution in [0.15, 0.2) is 37.0 Å². The number of rotatable bonds is 0. The maximum Gasteiger partial charge on any atom is -0.0136 e. The van der Waals surface area contributed by atoms with E-state index in [4.69, 9.17) is 0 Å². The Hall–Kier alpha value is -1.24. The Kier molecular flexibility index (Phi) is 4.10. The van der Waals surface area contributed by atoms with Crippen molar-refractivity contribution in [2.45, 2.75) is 25.7 Å². The van der Waals surface area contributed by atoms with E-state index in [2.05, 4.69) is 36.6 Å². The predicted molar refractivity (Wildman–Crippen MR) is 57.5 cm³/mol. The van der Waals surface area contributed by atoms with Crippen LogP contribution in [0.5, 0.6) is 0 Å². The second-order valence-corrected chi connectivity index (χ2v) is 3.21. The first kappa shape index (κ1) is 9.85. The van der Waals surface area contributed by atoms with E-state index in [-0.39, 0.29) is 0 Å². The van der Waals surface area contributed by atoms with Crippen LogP contribution in [-0.2, 0) is 12.8 Å². The molecule has 0 amide bonds. The summed E-state index contributed by atoms with van der Waals surface area (Å²) in [6.45, 7) is 3.14. The lowest BCUT2D eigenvalue weighted by atomic mass is 9.92. The van der Waals surface area contributed by atoms with Gasteiger partial charge in [-0.1, -0.05) is 30.8 Å². The Morgan fingerprint density at radius 3 is 1.85 bits per heavy atom. The van der Waals surface area contributed by atoms with Crippen LogP contribution in [0, 0.1) is 0 Å². The van der Waals surface area contributed by atoms with Gasteiger partial charge in [-0.3, -0.25) is 0 Å². The molecule has 0 bridgehead atoms. The van der Waals surface area contributed by atoms with Gasteiger partial charge in [0.25, 0.3) is 0 Å². The molecular weight excluding hydrogens is 158 g/mol. The van der Waals surface area contributed by atoms with Crippen molar-refractivity contribution in [2.75, 3.05) is 0 Å². The van der Waals surface area contributed by atoms with Gasteiger partial charge in [-0.15, -0.1) is 0 Å².